The van der Waals surface area contributed by atoms with Gasteiger partial charge in [0.2, 0.25) is 0 Å². The van der Waals surface area contributed by atoms with Crippen molar-refractivity contribution in [3.63, 3.8) is 0 Å². The highest BCUT2D eigenvalue weighted by molar-refractivity contribution is 7.92. The van der Waals surface area contributed by atoms with Gasteiger partial charge in [-0.05, 0) is 73.9 Å². The van der Waals surface area contributed by atoms with E-state index < -0.39 is 15.8 Å². The Balaban J connectivity index is 1.52. The second-order valence-electron chi connectivity index (χ2n) is 9.19. The summed E-state index contributed by atoms with van der Waals surface area (Å²) < 4.78 is 33.1. The van der Waals surface area contributed by atoms with Crippen molar-refractivity contribution in [1.29, 1.82) is 0 Å². The third kappa shape index (κ3) is 4.65. The Bertz CT molecular complexity index is 1270. The fourth-order valence-electron chi connectivity index (χ4n) is 4.77. The molecule has 8 heteroatoms. The maximum Gasteiger partial charge on any atom is 0.337 e. The fourth-order valence-corrected chi connectivity index (χ4v) is 6.42. The average Bonchev–Trinajstić information content (AvgIpc) is 3.62. The molecule has 1 saturated carbocycles. The highest BCUT2D eigenvalue weighted by Gasteiger charge is 2.37. The van der Waals surface area contributed by atoms with E-state index in [0.717, 1.165) is 62.1 Å². The molecule has 178 valence electrons. The van der Waals surface area contributed by atoms with E-state index in [4.69, 9.17) is 4.74 Å². The van der Waals surface area contributed by atoms with Crippen LogP contribution in [0.5, 0.6) is 0 Å². The Kier molecular flexibility index (Phi) is 6.27. The Hall–Kier alpha value is -2.97. The number of sulfone groups is 1. The minimum atomic E-state index is -3.24. The normalized spacial score (nSPS) is 18.0. The molecule has 1 aliphatic heterocycles. The van der Waals surface area contributed by atoms with E-state index in [1.165, 1.54) is 6.20 Å². The molecule has 34 heavy (non-hydrogen) atoms. The molecule has 0 radical (unpaired) electrons. The standard InChI is InChI=1S/C26H28N2O5S/c29-26(30)21-15-20(16-27-17-21)24-2-1-11-28(24)25(14-18-9-12-33-13-10-18)19-3-5-22(6-4-19)34(31,32)23-7-8-23/h1-6,11,15-18,23,25H,7-10,12-14H2,(H,29,30). The smallest absolute Gasteiger partial charge is 0.337 e. The molecule has 7 nitrogen and oxygen atoms in total. The number of aromatic carboxylic acids is 1. The molecule has 1 aliphatic carbocycles. The number of pyridine rings is 1. The maximum atomic E-state index is 12.7. The van der Waals surface area contributed by atoms with Crippen LogP contribution in [0.15, 0.2) is 66.0 Å². The van der Waals surface area contributed by atoms with Gasteiger partial charge in [-0.25, -0.2) is 13.2 Å². The van der Waals surface area contributed by atoms with Crippen LogP contribution in [-0.4, -0.2) is 47.5 Å². The van der Waals surface area contributed by atoms with Crippen LogP contribution in [0.3, 0.4) is 0 Å². The molecule has 1 atom stereocenters. The van der Waals surface area contributed by atoms with Crippen molar-refractivity contribution in [1.82, 2.24) is 9.55 Å². The van der Waals surface area contributed by atoms with Crippen LogP contribution >= 0.6 is 0 Å². The zero-order valence-corrected chi connectivity index (χ0v) is 19.7. The molecule has 0 spiro atoms. The van der Waals surface area contributed by atoms with Gasteiger partial charge >= 0.3 is 5.97 Å². The van der Waals surface area contributed by atoms with E-state index in [9.17, 15) is 18.3 Å². The van der Waals surface area contributed by atoms with Gasteiger partial charge in [0.1, 0.15) is 0 Å². The lowest BCUT2D eigenvalue weighted by Crippen LogP contribution is -2.21. The Labute approximate surface area is 199 Å². The molecule has 2 aliphatic rings. The van der Waals surface area contributed by atoms with Crippen LogP contribution in [0.4, 0.5) is 0 Å². The number of benzene rings is 1. The number of ether oxygens (including phenoxy) is 1. The summed E-state index contributed by atoms with van der Waals surface area (Å²) in [5.74, 6) is -0.536. The zero-order valence-electron chi connectivity index (χ0n) is 18.8. The summed E-state index contributed by atoms with van der Waals surface area (Å²) in [4.78, 5) is 16.0. The number of carbonyl (C=O) groups is 1. The SMILES string of the molecule is O=C(O)c1cncc(-c2cccn2C(CC2CCOCC2)c2ccc(S(=O)(=O)C3CC3)cc2)c1. The fraction of sp³-hybridized carbons (Fsp3) is 0.385. The Morgan fingerprint density at radius 1 is 1.09 bits per heavy atom. The predicted octanol–water partition coefficient (Wildman–Crippen LogP) is 4.59. The topological polar surface area (TPSA) is 98.5 Å². The van der Waals surface area contributed by atoms with E-state index in [-0.39, 0.29) is 16.9 Å². The molecule has 1 N–H and O–H groups in total. The van der Waals surface area contributed by atoms with Crippen LogP contribution < -0.4 is 0 Å². The second-order valence-corrected chi connectivity index (χ2v) is 11.4. The minimum Gasteiger partial charge on any atom is -0.478 e. The number of rotatable bonds is 8. The minimum absolute atomic E-state index is 0.0285. The first-order valence-corrected chi connectivity index (χ1v) is 13.3. The number of nitrogens with zero attached hydrogens (tertiary/aromatic N) is 2. The summed E-state index contributed by atoms with van der Waals surface area (Å²) in [5, 5.41) is 9.17. The molecule has 3 heterocycles. The van der Waals surface area contributed by atoms with E-state index in [2.05, 4.69) is 9.55 Å². The van der Waals surface area contributed by atoms with E-state index in [1.807, 2.05) is 30.5 Å². The van der Waals surface area contributed by atoms with Crippen molar-refractivity contribution in [2.24, 2.45) is 5.92 Å². The van der Waals surface area contributed by atoms with Gasteiger partial charge in [0.25, 0.3) is 0 Å². The van der Waals surface area contributed by atoms with Crippen molar-refractivity contribution < 1.29 is 23.1 Å². The molecular weight excluding hydrogens is 452 g/mol. The number of carboxylic acid groups (broad SMARTS) is 1. The molecule has 2 aromatic heterocycles. The van der Waals surface area contributed by atoms with Gasteiger partial charge in [0.15, 0.2) is 9.84 Å². The lowest BCUT2D eigenvalue weighted by atomic mass is 9.89. The summed E-state index contributed by atoms with van der Waals surface area (Å²) in [6.07, 6.45) is 9.36. The number of carboxylic acids is 1. The van der Waals surface area contributed by atoms with Gasteiger partial charge in [-0.15, -0.1) is 0 Å². The third-order valence-electron chi connectivity index (χ3n) is 6.85. The molecule has 1 saturated heterocycles. The van der Waals surface area contributed by atoms with Gasteiger partial charge in [0.05, 0.1) is 27.4 Å². The molecule has 1 unspecified atom stereocenters. The van der Waals surface area contributed by atoms with Crippen molar-refractivity contribution in [2.45, 2.75) is 48.3 Å². The van der Waals surface area contributed by atoms with Crippen LogP contribution in [0.2, 0.25) is 0 Å². The molecule has 3 aromatic rings. The molecule has 0 amide bonds. The predicted molar refractivity (Wildman–Crippen MR) is 128 cm³/mol. The van der Waals surface area contributed by atoms with Crippen LogP contribution in [0.25, 0.3) is 11.3 Å². The zero-order chi connectivity index (χ0) is 23.7. The summed E-state index contributed by atoms with van der Waals surface area (Å²) in [5.41, 5.74) is 2.78. The first kappa shape index (κ1) is 22.8. The molecule has 0 bridgehead atoms. The maximum absolute atomic E-state index is 12.7. The van der Waals surface area contributed by atoms with Gasteiger partial charge in [-0.2, -0.15) is 0 Å². The van der Waals surface area contributed by atoms with E-state index >= 15 is 0 Å². The van der Waals surface area contributed by atoms with Gasteiger partial charge in [0, 0.05) is 37.4 Å². The molecule has 2 fully saturated rings. The van der Waals surface area contributed by atoms with Gasteiger partial charge < -0.3 is 14.4 Å². The van der Waals surface area contributed by atoms with Crippen LogP contribution in [0.1, 0.15) is 54.1 Å². The summed E-state index contributed by atoms with van der Waals surface area (Å²) in [6.45, 7) is 1.50. The van der Waals surface area contributed by atoms with Crippen LogP contribution in [-0.2, 0) is 14.6 Å². The monoisotopic (exact) mass is 480 g/mol. The highest BCUT2D eigenvalue weighted by Crippen LogP contribution is 2.37. The lowest BCUT2D eigenvalue weighted by Gasteiger charge is -2.29. The van der Waals surface area contributed by atoms with Gasteiger partial charge in [-0.3, -0.25) is 4.98 Å². The van der Waals surface area contributed by atoms with Crippen LogP contribution in [0, 0.1) is 5.92 Å². The molecule has 5 rings (SSSR count). The first-order valence-electron chi connectivity index (χ1n) is 11.7. The lowest BCUT2D eigenvalue weighted by molar-refractivity contribution is 0.0607. The summed E-state index contributed by atoms with van der Waals surface area (Å²) in [6, 6.07) is 12.8. The van der Waals surface area contributed by atoms with Crippen molar-refractivity contribution >= 4 is 15.8 Å². The summed E-state index contributed by atoms with van der Waals surface area (Å²) >= 11 is 0. The summed E-state index contributed by atoms with van der Waals surface area (Å²) in [7, 11) is -3.24. The Morgan fingerprint density at radius 2 is 1.82 bits per heavy atom. The number of hydrogen-bond donors (Lipinski definition) is 1. The molecule has 1 aromatic carbocycles. The second kappa shape index (κ2) is 9.35. The van der Waals surface area contributed by atoms with E-state index in [0.29, 0.717) is 10.8 Å². The quantitative estimate of drug-likeness (QED) is 0.506. The number of hydrogen-bond acceptors (Lipinski definition) is 5. The van der Waals surface area contributed by atoms with Crippen molar-refractivity contribution in [3.8, 4) is 11.3 Å². The first-order chi connectivity index (χ1) is 16.4. The Morgan fingerprint density at radius 3 is 2.50 bits per heavy atom. The van der Waals surface area contributed by atoms with Gasteiger partial charge in [-0.1, -0.05) is 12.1 Å². The average molecular weight is 481 g/mol. The largest absolute Gasteiger partial charge is 0.478 e. The third-order valence-corrected chi connectivity index (χ3v) is 9.13. The van der Waals surface area contributed by atoms with Crippen molar-refractivity contribution in [3.05, 3.63) is 72.2 Å². The van der Waals surface area contributed by atoms with E-state index in [1.54, 1.807) is 24.4 Å². The van der Waals surface area contributed by atoms with Crippen molar-refractivity contribution in [2.75, 3.05) is 13.2 Å². The number of aromatic nitrogens is 2. The highest BCUT2D eigenvalue weighted by atomic mass is 32.2. The molecular formula is C26H28N2O5S.